The molecule has 30 heavy (non-hydrogen) atoms. The fourth-order valence-corrected chi connectivity index (χ4v) is 4.65. The molecule has 154 valence electrons. The smallest absolute Gasteiger partial charge is 0.316 e. The van der Waals surface area contributed by atoms with Crippen LogP contribution in [0.3, 0.4) is 0 Å². The first kappa shape index (κ1) is 18.7. The van der Waals surface area contributed by atoms with Crippen LogP contribution in [-0.2, 0) is 0 Å². The molecule has 2 unspecified atom stereocenters. The van der Waals surface area contributed by atoms with E-state index >= 15 is 0 Å². The maximum absolute atomic E-state index is 13.1. The number of rotatable bonds is 5. The minimum atomic E-state index is -0.103. The number of aromatic nitrogens is 4. The third-order valence-corrected chi connectivity index (χ3v) is 6.25. The van der Waals surface area contributed by atoms with Gasteiger partial charge in [0.2, 0.25) is 0 Å². The highest BCUT2D eigenvalue weighted by molar-refractivity contribution is 5.93. The summed E-state index contributed by atoms with van der Waals surface area (Å²) < 4.78 is 11.3. The Labute approximate surface area is 174 Å². The summed E-state index contributed by atoms with van der Waals surface area (Å²) in [5, 5.41) is 4.01. The molecular formula is C22H23N5O3. The second-order valence-electron chi connectivity index (χ2n) is 8.29. The lowest BCUT2D eigenvalue weighted by Gasteiger charge is -2.28. The highest BCUT2D eigenvalue weighted by Gasteiger charge is 2.51. The van der Waals surface area contributed by atoms with E-state index in [1.807, 2.05) is 24.0 Å². The Morgan fingerprint density at radius 2 is 2.20 bits per heavy atom. The molecular weight excluding hydrogens is 382 g/mol. The normalized spacial score (nSPS) is 22.8. The van der Waals surface area contributed by atoms with Crippen LogP contribution in [0.15, 0.2) is 47.5 Å². The molecule has 0 spiro atoms. The van der Waals surface area contributed by atoms with Gasteiger partial charge in [-0.15, -0.1) is 0 Å². The van der Waals surface area contributed by atoms with Crippen LogP contribution in [0.5, 0.6) is 6.01 Å². The van der Waals surface area contributed by atoms with Gasteiger partial charge in [0.1, 0.15) is 0 Å². The zero-order valence-electron chi connectivity index (χ0n) is 16.8. The first-order chi connectivity index (χ1) is 14.6. The van der Waals surface area contributed by atoms with Gasteiger partial charge >= 0.3 is 6.01 Å². The Bertz CT molecular complexity index is 1040. The number of hydrogen-bond donors (Lipinski definition) is 0. The van der Waals surface area contributed by atoms with Gasteiger partial charge in [0, 0.05) is 54.9 Å². The van der Waals surface area contributed by atoms with Crippen molar-refractivity contribution in [1.82, 2.24) is 25.0 Å². The van der Waals surface area contributed by atoms with E-state index in [0.29, 0.717) is 43.1 Å². The van der Waals surface area contributed by atoms with Crippen LogP contribution in [0.1, 0.15) is 35.3 Å². The summed E-state index contributed by atoms with van der Waals surface area (Å²) in [6, 6.07) is 5.78. The maximum Gasteiger partial charge on any atom is 0.316 e. The van der Waals surface area contributed by atoms with Crippen LogP contribution in [0, 0.1) is 18.3 Å². The summed E-state index contributed by atoms with van der Waals surface area (Å²) in [4.78, 5) is 27.5. The van der Waals surface area contributed by atoms with E-state index in [2.05, 4.69) is 20.1 Å². The Morgan fingerprint density at radius 3 is 3.00 bits per heavy atom. The van der Waals surface area contributed by atoms with Gasteiger partial charge in [0.15, 0.2) is 11.5 Å². The second kappa shape index (κ2) is 7.51. The van der Waals surface area contributed by atoms with E-state index in [4.69, 9.17) is 9.26 Å². The van der Waals surface area contributed by atoms with Gasteiger partial charge in [0.05, 0.1) is 6.61 Å². The number of amides is 1. The van der Waals surface area contributed by atoms with Gasteiger partial charge in [-0.2, -0.15) is 0 Å². The molecule has 1 amide bonds. The molecule has 5 rings (SSSR count). The average Bonchev–Trinajstić information content (AvgIpc) is 3.48. The van der Waals surface area contributed by atoms with Crippen molar-refractivity contribution in [2.75, 3.05) is 19.7 Å². The molecule has 1 aliphatic heterocycles. The SMILES string of the molecule is Cc1cnc(OCC23CCCC2CN(C(=O)c2cc(-c4cccnc4)on2)C3)nc1. The molecule has 2 atom stereocenters. The number of fused-ring (bicyclic) bond motifs is 1. The Balaban J connectivity index is 1.29. The van der Waals surface area contributed by atoms with Crippen molar-refractivity contribution >= 4 is 5.91 Å². The number of pyridine rings is 1. The first-order valence-corrected chi connectivity index (χ1v) is 10.2. The molecule has 8 heteroatoms. The summed E-state index contributed by atoms with van der Waals surface area (Å²) in [5.74, 6) is 0.853. The van der Waals surface area contributed by atoms with Gasteiger partial charge in [-0.3, -0.25) is 9.78 Å². The molecule has 0 N–H and O–H groups in total. The summed E-state index contributed by atoms with van der Waals surface area (Å²) in [6.07, 6.45) is 10.2. The highest BCUT2D eigenvalue weighted by Crippen LogP contribution is 2.49. The lowest BCUT2D eigenvalue weighted by molar-refractivity contribution is 0.0732. The predicted octanol–water partition coefficient (Wildman–Crippen LogP) is 3.16. The van der Waals surface area contributed by atoms with Gasteiger partial charge in [-0.05, 0) is 43.4 Å². The molecule has 0 bridgehead atoms. The van der Waals surface area contributed by atoms with E-state index in [-0.39, 0.29) is 11.3 Å². The zero-order chi connectivity index (χ0) is 20.6. The number of hydrogen-bond acceptors (Lipinski definition) is 7. The molecule has 1 saturated heterocycles. The molecule has 3 aromatic heterocycles. The quantitative estimate of drug-likeness (QED) is 0.643. The van der Waals surface area contributed by atoms with Crippen molar-refractivity contribution in [3.63, 3.8) is 0 Å². The van der Waals surface area contributed by atoms with E-state index < -0.39 is 0 Å². The lowest BCUT2D eigenvalue weighted by Crippen LogP contribution is -2.36. The first-order valence-electron chi connectivity index (χ1n) is 10.2. The fraction of sp³-hybridized carbons (Fsp3) is 0.409. The van der Waals surface area contributed by atoms with Crippen LogP contribution >= 0.6 is 0 Å². The van der Waals surface area contributed by atoms with Gasteiger partial charge in [-0.1, -0.05) is 11.6 Å². The van der Waals surface area contributed by atoms with Crippen molar-refractivity contribution in [2.45, 2.75) is 26.2 Å². The number of aryl methyl sites for hydroxylation is 1. The third kappa shape index (κ3) is 3.42. The fourth-order valence-electron chi connectivity index (χ4n) is 4.65. The largest absolute Gasteiger partial charge is 0.463 e. The number of carbonyl (C=O) groups excluding carboxylic acids is 1. The van der Waals surface area contributed by atoms with Crippen LogP contribution < -0.4 is 4.74 Å². The summed E-state index contributed by atoms with van der Waals surface area (Å²) in [7, 11) is 0. The zero-order valence-corrected chi connectivity index (χ0v) is 16.8. The molecule has 2 fully saturated rings. The number of ether oxygens (including phenoxy) is 1. The van der Waals surface area contributed by atoms with Gasteiger partial charge in [0.25, 0.3) is 5.91 Å². The third-order valence-electron chi connectivity index (χ3n) is 6.25. The number of likely N-dealkylation sites (tertiary alicyclic amines) is 1. The van der Waals surface area contributed by atoms with Crippen LogP contribution in [-0.4, -0.2) is 50.6 Å². The van der Waals surface area contributed by atoms with Gasteiger partial charge in [-0.25, -0.2) is 9.97 Å². The summed E-state index contributed by atoms with van der Waals surface area (Å²) in [5.41, 5.74) is 2.06. The van der Waals surface area contributed by atoms with Crippen LogP contribution in [0.25, 0.3) is 11.3 Å². The van der Waals surface area contributed by atoms with Crippen LogP contribution in [0.2, 0.25) is 0 Å². The van der Waals surface area contributed by atoms with Gasteiger partial charge < -0.3 is 14.2 Å². The minimum Gasteiger partial charge on any atom is -0.463 e. The molecule has 1 aliphatic carbocycles. The average molecular weight is 405 g/mol. The van der Waals surface area contributed by atoms with E-state index in [1.54, 1.807) is 30.9 Å². The summed E-state index contributed by atoms with van der Waals surface area (Å²) in [6.45, 7) is 3.83. The van der Waals surface area contributed by atoms with Crippen molar-refractivity contribution in [3.05, 3.63) is 54.2 Å². The Morgan fingerprint density at radius 1 is 1.33 bits per heavy atom. The summed E-state index contributed by atoms with van der Waals surface area (Å²) >= 11 is 0. The van der Waals surface area contributed by atoms with Crippen LogP contribution in [0.4, 0.5) is 0 Å². The van der Waals surface area contributed by atoms with E-state index in [1.165, 1.54) is 0 Å². The molecule has 1 saturated carbocycles. The highest BCUT2D eigenvalue weighted by atomic mass is 16.5. The van der Waals surface area contributed by atoms with E-state index in [9.17, 15) is 4.79 Å². The number of nitrogens with zero attached hydrogens (tertiary/aromatic N) is 5. The predicted molar refractivity (Wildman–Crippen MR) is 108 cm³/mol. The van der Waals surface area contributed by atoms with Crippen molar-refractivity contribution in [2.24, 2.45) is 11.3 Å². The van der Waals surface area contributed by atoms with E-state index in [0.717, 1.165) is 30.4 Å². The molecule has 0 radical (unpaired) electrons. The molecule has 4 heterocycles. The molecule has 3 aromatic rings. The maximum atomic E-state index is 13.1. The van der Waals surface area contributed by atoms with Crippen molar-refractivity contribution in [1.29, 1.82) is 0 Å². The monoisotopic (exact) mass is 405 g/mol. The molecule has 8 nitrogen and oxygen atoms in total. The number of carbonyl (C=O) groups is 1. The minimum absolute atomic E-state index is 0.0557. The van der Waals surface area contributed by atoms with Crippen molar-refractivity contribution < 1.29 is 14.1 Å². The molecule has 2 aliphatic rings. The van der Waals surface area contributed by atoms with Crippen molar-refractivity contribution in [3.8, 4) is 17.3 Å². The standard InChI is InChI=1S/C22H23N5O3/c1-15-9-24-21(25-10-15)29-14-22-6-2-5-17(22)12-27(13-22)20(28)18-8-19(30-26-18)16-4-3-7-23-11-16/h3-4,7-11,17H,2,5-6,12-14H2,1H3. The Hall–Kier alpha value is -3.29. The second-order valence-corrected chi connectivity index (χ2v) is 8.29. The topological polar surface area (TPSA) is 94.2 Å². The lowest BCUT2D eigenvalue weighted by atomic mass is 9.82. The molecule has 0 aromatic carbocycles. The Kier molecular flexibility index (Phi) is 4.69.